The Bertz CT molecular complexity index is 650. The van der Waals surface area contributed by atoms with Crippen molar-refractivity contribution in [3.05, 3.63) is 60.7 Å². The standard InChI is InChI=1S/C12H10O.C9H16O/c1-9(13)11-8-4-6-10-5-2-3-7-12(10)11;1-3-5-6-8-9(10)7-4-2/h2-8H,1H3;4H,2-3,5-8H2,1H3. The zero-order valence-corrected chi connectivity index (χ0v) is 14.2. The molecule has 0 radical (unpaired) electrons. The smallest absolute Gasteiger partial charge is 0.160 e. The summed E-state index contributed by atoms with van der Waals surface area (Å²) in [6.07, 6.45) is 6.35. The van der Waals surface area contributed by atoms with Gasteiger partial charge in [-0.15, -0.1) is 6.58 Å². The summed E-state index contributed by atoms with van der Waals surface area (Å²) in [6.45, 7) is 7.24. The van der Waals surface area contributed by atoms with Crippen LogP contribution in [0.15, 0.2) is 55.1 Å². The minimum Gasteiger partial charge on any atom is -0.299 e. The maximum atomic E-state index is 11.3. The Morgan fingerprint density at radius 3 is 2.39 bits per heavy atom. The van der Waals surface area contributed by atoms with Crippen LogP contribution in [0.25, 0.3) is 10.8 Å². The average molecular weight is 310 g/mol. The van der Waals surface area contributed by atoms with Gasteiger partial charge in [0.15, 0.2) is 5.78 Å². The summed E-state index contributed by atoms with van der Waals surface area (Å²) in [5.41, 5.74) is 0.804. The molecule has 0 aliphatic carbocycles. The molecule has 0 fully saturated rings. The van der Waals surface area contributed by atoms with Crippen LogP contribution >= 0.6 is 0 Å². The number of allylic oxidation sites excluding steroid dienone is 1. The first-order chi connectivity index (χ1) is 11.1. The highest BCUT2D eigenvalue weighted by Gasteiger charge is 2.03. The van der Waals surface area contributed by atoms with Gasteiger partial charge < -0.3 is 0 Å². The highest BCUT2D eigenvalue weighted by molar-refractivity contribution is 6.06. The first-order valence-corrected chi connectivity index (χ1v) is 8.21. The third-order valence-corrected chi connectivity index (χ3v) is 3.60. The van der Waals surface area contributed by atoms with Crippen LogP contribution in [0.5, 0.6) is 0 Å². The predicted octanol–water partition coefficient (Wildman–Crippen LogP) is 5.75. The summed E-state index contributed by atoms with van der Waals surface area (Å²) in [4.78, 5) is 22.1. The first kappa shape index (κ1) is 18.8. The molecular weight excluding hydrogens is 284 g/mol. The number of Topliss-reactive ketones (excluding diaryl/α,β-unsaturated/α-hetero) is 2. The quantitative estimate of drug-likeness (QED) is 0.370. The number of rotatable bonds is 7. The van der Waals surface area contributed by atoms with Crippen LogP contribution in [-0.4, -0.2) is 11.6 Å². The number of ketones is 2. The summed E-state index contributed by atoms with van der Waals surface area (Å²) >= 11 is 0. The number of benzene rings is 2. The maximum absolute atomic E-state index is 11.3. The molecule has 0 saturated carbocycles. The minimum absolute atomic E-state index is 0.122. The van der Waals surface area contributed by atoms with Crippen molar-refractivity contribution >= 4 is 22.3 Å². The number of fused-ring (bicyclic) bond motifs is 1. The third-order valence-electron chi connectivity index (χ3n) is 3.60. The van der Waals surface area contributed by atoms with E-state index in [4.69, 9.17) is 0 Å². The SMILES string of the molecule is C=CCC(=O)CCCCC.CC(=O)c1cccc2ccccc12. The maximum Gasteiger partial charge on any atom is 0.160 e. The van der Waals surface area contributed by atoms with Crippen molar-refractivity contribution in [2.24, 2.45) is 0 Å². The molecule has 0 bridgehead atoms. The van der Waals surface area contributed by atoms with Gasteiger partial charge in [0.05, 0.1) is 0 Å². The van der Waals surface area contributed by atoms with E-state index in [1.54, 1.807) is 13.0 Å². The Hall–Kier alpha value is -2.22. The molecule has 0 amide bonds. The fraction of sp³-hybridized carbons (Fsp3) is 0.333. The number of carbonyl (C=O) groups is 2. The Kier molecular flexibility index (Phi) is 8.59. The van der Waals surface area contributed by atoms with Gasteiger partial charge in [-0.1, -0.05) is 68.3 Å². The molecular formula is C21H26O2. The van der Waals surface area contributed by atoms with Gasteiger partial charge in [0.1, 0.15) is 5.78 Å². The monoisotopic (exact) mass is 310 g/mol. The van der Waals surface area contributed by atoms with Crippen molar-refractivity contribution in [3.8, 4) is 0 Å². The lowest BCUT2D eigenvalue weighted by Crippen LogP contribution is -1.94. The van der Waals surface area contributed by atoms with Gasteiger partial charge in [0.2, 0.25) is 0 Å². The van der Waals surface area contributed by atoms with Crippen LogP contribution in [0.1, 0.15) is 56.3 Å². The van der Waals surface area contributed by atoms with Crippen LogP contribution in [0.2, 0.25) is 0 Å². The Labute approximate surface area is 139 Å². The molecule has 0 aliphatic heterocycles. The summed E-state index contributed by atoms with van der Waals surface area (Å²) in [5, 5.41) is 2.16. The summed E-state index contributed by atoms with van der Waals surface area (Å²) in [5.74, 6) is 0.445. The lowest BCUT2D eigenvalue weighted by atomic mass is 10.0. The average Bonchev–Trinajstić information content (AvgIpc) is 2.55. The van der Waals surface area contributed by atoms with Gasteiger partial charge in [-0.05, 0) is 24.1 Å². The normalized spacial score (nSPS) is 9.83. The number of hydrogen-bond donors (Lipinski definition) is 0. The van der Waals surface area contributed by atoms with Crippen LogP contribution in [-0.2, 0) is 4.79 Å². The number of hydrogen-bond acceptors (Lipinski definition) is 2. The van der Waals surface area contributed by atoms with E-state index in [-0.39, 0.29) is 5.78 Å². The van der Waals surface area contributed by atoms with Crippen molar-refractivity contribution in [2.75, 3.05) is 0 Å². The van der Waals surface area contributed by atoms with E-state index in [2.05, 4.69) is 13.5 Å². The molecule has 0 atom stereocenters. The Morgan fingerprint density at radius 2 is 1.74 bits per heavy atom. The predicted molar refractivity (Wildman–Crippen MR) is 97.9 cm³/mol. The van der Waals surface area contributed by atoms with E-state index in [0.717, 1.165) is 29.2 Å². The molecule has 2 aromatic carbocycles. The summed E-state index contributed by atoms with van der Waals surface area (Å²) in [6, 6.07) is 13.7. The van der Waals surface area contributed by atoms with Gasteiger partial charge in [0, 0.05) is 18.4 Å². The van der Waals surface area contributed by atoms with Crippen molar-refractivity contribution in [1.29, 1.82) is 0 Å². The summed E-state index contributed by atoms with van der Waals surface area (Å²) in [7, 11) is 0. The van der Waals surface area contributed by atoms with E-state index in [1.165, 1.54) is 12.8 Å². The molecule has 2 aromatic rings. The Morgan fingerprint density at radius 1 is 1.04 bits per heavy atom. The molecule has 0 aromatic heterocycles. The lowest BCUT2D eigenvalue weighted by molar-refractivity contribution is -0.118. The van der Waals surface area contributed by atoms with Crippen LogP contribution < -0.4 is 0 Å². The van der Waals surface area contributed by atoms with E-state index in [0.29, 0.717) is 12.2 Å². The molecule has 0 unspecified atom stereocenters. The van der Waals surface area contributed by atoms with Gasteiger partial charge in [0.25, 0.3) is 0 Å². The topological polar surface area (TPSA) is 34.1 Å². The molecule has 0 N–H and O–H groups in total. The molecule has 2 nitrogen and oxygen atoms in total. The van der Waals surface area contributed by atoms with Crippen LogP contribution in [0.3, 0.4) is 0 Å². The zero-order chi connectivity index (χ0) is 17.1. The second-order valence-electron chi connectivity index (χ2n) is 5.57. The van der Waals surface area contributed by atoms with Gasteiger partial charge in [-0.2, -0.15) is 0 Å². The van der Waals surface area contributed by atoms with Crippen molar-refractivity contribution < 1.29 is 9.59 Å². The van der Waals surface area contributed by atoms with E-state index in [9.17, 15) is 9.59 Å². The molecule has 0 heterocycles. The van der Waals surface area contributed by atoms with E-state index in [1.807, 2.05) is 42.5 Å². The number of unbranched alkanes of at least 4 members (excludes halogenated alkanes) is 2. The van der Waals surface area contributed by atoms with E-state index < -0.39 is 0 Å². The highest BCUT2D eigenvalue weighted by atomic mass is 16.1. The van der Waals surface area contributed by atoms with Crippen molar-refractivity contribution in [1.82, 2.24) is 0 Å². The van der Waals surface area contributed by atoms with Gasteiger partial charge in [-0.3, -0.25) is 9.59 Å². The van der Waals surface area contributed by atoms with Crippen LogP contribution in [0.4, 0.5) is 0 Å². The lowest BCUT2D eigenvalue weighted by Gasteiger charge is -2.01. The van der Waals surface area contributed by atoms with Crippen LogP contribution in [0, 0.1) is 0 Å². The second-order valence-corrected chi connectivity index (χ2v) is 5.57. The molecule has 122 valence electrons. The number of carbonyl (C=O) groups excluding carboxylic acids is 2. The molecule has 2 heteroatoms. The highest BCUT2D eigenvalue weighted by Crippen LogP contribution is 2.18. The van der Waals surface area contributed by atoms with Gasteiger partial charge >= 0.3 is 0 Å². The van der Waals surface area contributed by atoms with Crippen molar-refractivity contribution in [2.45, 2.75) is 46.0 Å². The minimum atomic E-state index is 0.122. The first-order valence-electron chi connectivity index (χ1n) is 8.21. The second kappa shape index (κ2) is 10.5. The zero-order valence-electron chi connectivity index (χ0n) is 14.2. The van der Waals surface area contributed by atoms with Gasteiger partial charge in [-0.25, -0.2) is 0 Å². The van der Waals surface area contributed by atoms with E-state index >= 15 is 0 Å². The largest absolute Gasteiger partial charge is 0.299 e. The fourth-order valence-electron chi connectivity index (χ4n) is 2.37. The molecule has 2 rings (SSSR count). The fourth-order valence-corrected chi connectivity index (χ4v) is 2.37. The molecule has 0 spiro atoms. The van der Waals surface area contributed by atoms with Crippen molar-refractivity contribution in [3.63, 3.8) is 0 Å². The molecule has 0 aliphatic rings. The Balaban J connectivity index is 0.000000241. The molecule has 0 saturated heterocycles. The third kappa shape index (κ3) is 6.60. The molecule has 23 heavy (non-hydrogen) atoms. The summed E-state index contributed by atoms with van der Waals surface area (Å²) < 4.78 is 0.